The zero-order chi connectivity index (χ0) is 16.3. The lowest BCUT2D eigenvalue weighted by Gasteiger charge is -2.27. The van der Waals surface area contributed by atoms with Gasteiger partial charge in [-0.3, -0.25) is 4.79 Å². The summed E-state index contributed by atoms with van der Waals surface area (Å²) in [5.41, 5.74) is 0.971. The van der Waals surface area contributed by atoms with E-state index < -0.39 is 0 Å². The molecule has 134 valence electrons. The Hall–Kier alpha value is -1.11. The number of hydrogen-bond acceptors (Lipinski definition) is 5. The van der Waals surface area contributed by atoms with E-state index in [9.17, 15) is 4.79 Å². The van der Waals surface area contributed by atoms with E-state index in [2.05, 4.69) is 24.5 Å². The Morgan fingerprint density at radius 1 is 1.38 bits per heavy atom. The second-order valence-corrected chi connectivity index (χ2v) is 7.81. The second-order valence-electron chi connectivity index (χ2n) is 6.66. The van der Waals surface area contributed by atoms with Crippen LogP contribution in [0.15, 0.2) is 18.2 Å². The van der Waals surface area contributed by atoms with Gasteiger partial charge in [-0.05, 0) is 17.7 Å². The Labute approximate surface area is 153 Å². The van der Waals surface area contributed by atoms with Gasteiger partial charge in [0.25, 0.3) is 0 Å². The van der Waals surface area contributed by atoms with Gasteiger partial charge in [-0.2, -0.15) is 11.8 Å². The number of carbonyl (C=O) groups excluding carboxylic acids is 1. The van der Waals surface area contributed by atoms with Gasteiger partial charge in [0, 0.05) is 42.5 Å². The molecule has 0 aliphatic carbocycles. The van der Waals surface area contributed by atoms with E-state index in [4.69, 9.17) is 9.47 Å². The number of fused-ring (bicyclic) bond motifs is 1. The first-order valence-corrected chi connectivity index (χ1v) is 9.18. The topological polar surface area (TPSA) is 59.6 Å². The molecule has 1 saturated heterocycles. The van der Waals surface area contributed by atoms with Crippen LogP contribution >= 0.6 is 24.2 Å². The fourth-order valence-corrected chi connectivity index (χ4v) is 3.73. The molecule has 3 rings (SSSR count). The minimum absolute atomic E-state index is 0. The number of carbonyl (C=O) groups is 1. The summed E-state index contributed by atoms with van der Waals surface area (Å²) in [5, 5.41) is 6.47. The van der Waals surface area contributed by atoms with E-state index in [-0.39, 0.29) is 30.5 Å². The summed E-state index contributed by atoms with van der Waals surface area (Å²) in [7, 11) is 0. The SMILES string of the molecule is CC(C)(CNC(=O)CC1CSCCN1)c1ccc2c(c1)OCO2.Cl. The number of nitrogens with one attached hydrogen (secondary N) is 2. The van der Waals surface area contributed by atoms with Crippen LogP contribution in [0.25, 0.3) is 0 Å². The van der Waals surface area contributed by atoms with Crippen molar-refractivity contribution in [2.75, 3.05) is 31.4 Å². The zero-order valence-corrected chi connectivity index (χ0v) is 15.7. The van der Waals surface area contributed by atoms with Crippen LogP contribution in [-0.4, -0.2) is 43.3 Å². The third-order valence-corrected chi connectivity index (χ3v) is 5.44. The highest BCUT2D eigenvalue weighted by atomic mass is 35.5. The fraction of sp³-hybridized carbons (Fsp3) is 0.588. The third kappa shape index (κ3) is 4.71. The minimum atomic E-state index is -0.161. The van der Waals surface area contributed by atoms with Gasteiger partial charge in [-0.15, -0.1) is 12.4 Å². The van der Waals surface area contributed by atoms with Crippen molar-refractivity contribution in [1.82, 2.24) is 10.6 Å². The molecule has 1 fully saturated rings. The lowest BCUT2D eigenvalue weighted by Crippen LogP contribution is -2.43. The molecule has 1 amide bonds. The average Bonchev–Trinajstić information content (AvgIpc) is 3.02. The molecule has 2 aliphatic rings. The van der Waals surface area contributed by atoms with E-state index >= 15 is 0 Å². The van der Waals surface area contributed by atoms with Crippen molar-refractivity contribution in [3.05, 3.63) is 23.8 Å². The van der Waals surface area contributed by atoms with E-state index in [1.807, 2.05) is 30.0 Å². The summed E-state index contributed by atoms with van der Waals surface area (Å²) in [6.45, 7) is 6.12. The van der Waals surface area contributed by atoms with Crippen molar-refractivity contribution >= 4 is 30.1 Å². The predicted octanol–water partition coefficient (Wildman–Crippen LogP) is 2.33. The van der Waals surface area contributed by atoms with E-state index in [0.29, 0.717) is 19.0 Å². The van der Waals surface area contributed by atoms with Crippen LogP contribution in [0, 0.1) is 0 Å². The molecule has 0 bridgehead atoms. The minimum Gasteiger partial charge on any atom is -0.454 e. The van der Waals surface area contributed by atoms with E-state index in [1.54, 1.807) is 0 Å². The molecule has 0 radical (unpaired) electrons. The second kappa shape index (κ2) is 8.32. The smallest absolute Gasteiger partial charge is 0.231 e. The molecule has 1 unspecified atom stereocenters. The highest BCUT2D eigenvalue weighted by Crippen LogP contribution is 2.36. The summed E-state index contributed by atoms with van der Waals surface area (Å²) >= 11 is 1.91. The Balaban J connectivity index is 0.00000208. The maximum absolute atomic E-state index is 12.2. The van der Waals surface area contributed by atoms with Gasteiger partial charge < -0.3 is 20.1 Å². The summed E-state index contributed by atoms with van der Waals surface area (Å²) < 4.78 is 10.8. The third-order valence-electron chi connectivity index (χ3n) is 4.31. The molecule has 1 atom stereocenters. The van der Waals surface area contributed by atoms with Crippen LogP contribution in [0.2, 0.25) is 0 Å². The van der Waals surface area contributed by atoms with E-state index in [1.165, 1.54) is 0 Å². The van der Waals surface area contributed by atoms with Crippen molar-refractivity contribution < 1.29 is 14.3 Å². The van der Waals surface area contributed by atoms with Gasteiger partial charge >= 0.3 is 0 Å². The first-order chi connectivity index (χ1) is 11.0. The molecule has 2 aliphatic heterocycles. The van der Waals surface area contributed by atoms with Gasteiger partial charge in [0.1, 0.15) is 0 Å². The van der Waals surface area contributed by atoms with Crippen LogP contribution < -0.4 is 20.1 Å². The van der Waals surface area contributed by atoms with Crippen LogP contribution in [0.4, 0.5) is 0 Å². The Bertz CT molecular complexity index is 577. The molecule has 0 spiro atoms. The molecule has 7 heteroatoms. The first-order valence-electron chi connectivity index (χ1n) is 8.02. The van der Waals surface area contributed by atoms with Gasteiger partial charge in [-0.1, -0.05) is 19.9 Å². The Morgan fingerprint density at radius 3 is 2.92 bits per heavy atom. The maximum atomic E-state index is 12.2. The summed E-state index contributed by atoms with van der Waals surface area (Å²) in [5.74, 6) is 3.83. The predicted molar refractivity (Wildman–Crippen MR) is 99.6 cm³/mol. The average molecular weight is 373 g/mol. The summed E-state index contributed by atoms with van der Waals surface area (Å²) in [4.78, 5) is 12.2. The zero-order valence-electron chi connectivity index (χ0n) is 14.1. The molecular weight excluding hydrogens is 348 g/mol. The quantitative estimate of drug-likeness (QED) is 0.830. The number of rotatable bonds is 5. The number of amides is 1. The number of ether oxygens (including phenoxy) is 2. The van der Waals surface area contributed by atoms with Gasteiger partial charge in [0.05, 0.1) is 0 Å². The monoisotopic (exact) mass is 372 g/mol. The van der Waals surface area contributed by atoms with Crippen LogP contribution in [0.3, 0.4) is 0 Å². The van der Waals surface area contributed by atoms with Gasteiger partial charge in [0.15, 0.2) is 11.5 Å². The number of halogens is 1. The first kappa shape index (κ1) is 19.2. The molecule has 0 aromatic heterocycles. The molecular formula is C17H25ClN2O3S. The van der Waals surface area contributed by atoms with Crippen molar-refractivity contribution in [2.24, 2.45) is 0 Å². The summed E-state index contributed by atoms with van der Waals surface area (Å²) in [6.07, 6.45) is 0.546. The van der Waals surface area contributed by atoms with Crippen molar-refractivity contribution in [2.45, 2.75) is 31.7 Å². The standard InChI is InChI=1S/C17H24N2O3S.ClH/c1-17(2,12-3-4-14-15(7-12)22-11-21-14)10-19-16(20)8-13-9-23-6-5-18-13;/h3-4,7,13,18H,5-6,8-11H2,1-2H3,(H,19,20);1H. The summed E-state index contributed by atoms with van der Waals surface area (Å²) in [6, 6.07) is 6.28. The van der Waals surface area contributed by atoms with Crippen LogP contribution in [0.5, 0.6) is 11.5 Å². The molecule has 2 heterocycles. The molecule has 2 N–H and O–H groups in total. The highest BCUT2D eigenvalue weighted by Gasteiger charge is 2.25. The largest absolute Gasteiger partial charge is 0.454 e. The van der Waals surface area contributed by atoms with Crippen molar-refractivity contribution in [3.8, 4) is 11.5 Å². The number of thioether (sulfide) groups is 1. The Morgan fingerprint density at radius 2 is 2.17 bits per heavy atom. The van der Waals surface area contributed by atoms with Gasteiger partial charge in [0.2, 0.25) is 12.7 Å². The Kier molecular flexibility index (Phi) is 6.66. The van der Waals surface area contributed by atoms with Crippen LogP contribution in [-0.2, 0) is 10.2 Å². The lowest BCUT2D eigenvalue weighted by atomic mass is 9.84. The highest BCUT2D eigenvalue weighted by molar-refractivity contribution is 7.99. The number of hydrogen-bond donors (Lipinski definition) is 2. The fourth-order valence-electron chi connectivity index (χ4n) is 2.79. The molecule has 1 aromatic rings. The van der Waals surface area contributed by atoms with Crippen molar-refractivity contribution in [1.29, 1.82) is 0 Å². The maximum Gasteiger partial charge on any atom is 0.231 e. The molecule has 1 aromatic carbocycles. The normalized spacial score (nSPS) is 19.5. The van der Waals surface area contributed by atoms with Crippen LogP contribution in [0.1, 0.15) is 25.8 Å². The van der Waals surface area contributed by atoms with Crippen molar-refractivity contribution in [3.63, 3.8) is 0 Å². The number of benzene rings is 1. The van der Waals surface area contributed by atoms with E-state index in [0.717, 1.165) is 35.1 Å². The lowest BCUT2D eigenvalue weighted by molar-refractivity contribution is -0.121. The molecule has 5 nitrogen and oxygen atoms in total. The molecule has 0 saturated carbocycles. The van der Waals surface area contributed by atoms with Gasteiger partial charge in [-0.25, -0.2) is 0 Å². The molecule has 24 heavy (non-hydrogen) atoms.